The molecule has 1 aliphatic carbocycles. The number of benzene rings is 1. The Bertz CT molecular complexity index is 351. The van der Waals surface area contributed by atoms with Gasteiger partial charge in [-0.1, -0.05) is 64.3 Å². The van der Waals surface area contributed by atoms with E-state index in [1.165, 1.54) is 32.1 Å². The van der Waals surface area contributed by atoms with Crippen LogP contribution in [0.15, 0.2) is 24.3 Å². The third-order valence-electron chi connectivity index (χ3n) is 4.42. The van der Waals surface area contributed by atoms with Crippen LogP contribution < -0.4 is 0 Å². The van der Waals surface area contributed by atoms with Gasteiger partial charge < -0.3 is 0 Å². The molecule has 1 aromatic carbocycles. The molecule has 0 nitrogen and oxygen atoms in total. The predicted molar refractivity (Wildman–Crippen MR) is 75.5 cm³/mol. The highest BCUT2D eigenvalue weighted by Gasteiger charge is 2.24. The Balaban J connectivity index is 2.21. The first-order valence-electron chi connectivity index (χ1n) is 7.31. The third-order valence-corrected chi connectivity index (χ3v) is 4.42. The zero-order valence-corrected chi connectivity index (χ0v) is 11.6. The first-order chi connectivity index (χ1) is 8.22. The topological polar surface area (TPSA) is 0 Å². The maximum atomic E-state index is 2.37. The molecule has 1 saturated carbocycles. The molecule has 2 rings (SSSR count). The quantitative estimate of drug-likeness (QED) is 0.643. The molecular weight excluding hydrogens is 204 g/mol. The van der Waals surface area contributed by atoms with Crippen LogP contribution in [0.4, 0.5) is 0 Å². The zero-order valence-electron chi connectivity index (χ0n) is 11.6. The standard InChI is InChI=1S/C17H26/c1-4-14-8-7-9-15(12-14)17-11-6-5-10-16(17)13(2)3/h5-6,10-11,13-15H,4,7-9,12H2,1-3H3. The summed E-state index contributed by atoms with van der Waals surface area (Å²) in [5, 5.41) is 0. The van der Waals surface area contributed by atoms with E-state index in [2.05, 4.69) is 45.0 Å². The highest BCUT2D eigenvalue weighted by molar-refractivity contribution is 5.33. The zero-order chi connectivity index (χ0) is 12.3. The summed E-state index contributed by atoms with van der Waals surface area (Å²) in [4.78, 5) is 0. The Labute approximate surface area is 106 Å². The molecule has 0 heteroatoms. The second kappa shape index (κ2) is 5.71. The van der Waals surface area contributed by atoms with Crippen molar-refractivity contribution in [3.05, 3.63) is 35.4 Å². The van der Waals surface area contributed by atoms with Gasteiger partial charge in [0.15, 0.2) is 0 Å². The highest BCUT2D eigenvalue weighted by atomic mass is 14.3. The molecule has 0 aliphatic heterocycles. The average molecular weight is 230 g/mol. The summed E-state index contributed by atoms with van der Waals surface area (Å²) in [6.07, 6.45) is 7.06. The lowest BCUT2D eigenvalue weighted by molar-refractivity contribution is 0.313. The van der Waals surface area contributed by atoms with E-state index in [4.69, 9.17) is 0 Å². The summed E-state index contributed by atoms with van der Waals surface area (Å²) < 4.78 is 0. The van der Waals surface area contributed by atoms with Crippen molar-refractivity contribution in [3.8, 4) is 0 Å². The SMILES string of the molecule is CCC1CCCC(c2ccccc2C(C)C)C1. The minimum absolute atomic E-state index is 0.660. The Morgan fingerprint density at radius 3 is 2.65 bits per heavy atom. The average Bonchev–Trinajstić information content (AvgIpc) is 2.39. The van der Waals surface area contributed by atoms with E-state index in [1.54, 1.807) is 11.1 Å². The van der Waals surface area contributed by atoms with Crippen LogP contribution in [-0.4, -0.2) is 0 Å². The van der Waals surface area contributed by atoms with Gasteiger partial charge in [0.2, 0.25) is 0 Å². The Kier molecular flexibility index (Phi) is 4.25. The molecule has 17 heavy (non-hydrogen) atoms. The van der Waals surface area contributed by atoms with Crippen molar-refractivity contribution < 1.29 is 0 Å². The summed E-state index contributed by atoms with van der Waals surface area (Å²) in [7, 11) is 0. The minimum Gasteiger partial charge on any atom is -0.0651 e. The number of hydrogen-bond acceptors (Lipinski definition) is 0. The lowest BCUT2D eigenvalue weighted by Gasteiger charge is -2.30. The van der Waals surface area contributed by atoms with Gasteiger partial charge in [-0.25, -0.2) is 0 Å². The maximum absolute atomic E-state index is 2.37. The van der Waals surface area contributed by atoms with E-state index >= 15 is 0 Å². The van der Waals surface area contributed by atoms with E-state index in [0.29, 0.717) is 5.92 Å². The molecule has 0 N–H and O–H groups in total. The van der Waals surface area contributed by atoms with Crippen molar-refractivity contribution >= 4 is 0 Å². The molecule has 2 unspecified atom stereocenters. The Morgan fingerprint density at radius 1 is 1.18 bits per heavy atom. The second-order valence-corrected chi connectivity index (χ2v) is 5.92. The van der Waals surface area contributed by atoms with Crippen LogP contribution >= 0.6 is 0 Å². The van der Waals surface area contributed by atoms with Crippen molar-refractivity contribution in [2.24, 2.45) is 5.92 Å². The van der Waals surface area contributed by atoms with E-state index < -0.39 is 0 Å². The molecule has 0 saturated heterocycles. The Morgan fingerprint density at radius 2 is 1.94 bits per heavy atom. The van der Waals surface area contributed by atoms with Crippen molar-refractivity contribution in [1.82, 2.24) is 0 Å². The van der Waals surface area contributed by atoms with Gasteiger partial charge >= 0.3 is 0 Å². The summed E-state index contributed by atoms with van der Waals surface area (Å²) in [6.45, 7) is 6.99. The maximum Gasteiger partial charge on any atom is -0.0156 e. The molecule has 1 fully saturated rings. The van der Waals surface area contributed by atoms with Crippen LogP contribution in [0.25, 0.3) is 0 Å². The summed E-state index contributed by atoms with van der Waals surface area (Å²) >= 11 is 0. The molecular formula is C17H26. The molecule has 1 aliphatic rings. The fourth-order valence-corrected chi connectivity index (χ4v) is 3.35. The van der Waals surface area contributed by atoms with Crippen LogP contribution in [0.2, 0.25) is 0 Å². The van der Waals surface area contributed by atoms with Crippen LogP contribution in [0.1, 0.15) is 75.8 Å². The van der Waals surface area contributed by atoms with Gasteiger partial charge in [-0.15, -0.1) is 0 Å². The van der Waals surface area contributed by atoms with Gasteiger partial charge in [0.1, 0.15) is 0 Å². The minimum atomic E-state index is 0.660. The molecule has 0 aromatic heterocycles. The van der Waals surface area contributed by atoms with Gasteiger partial charge in [0.05, 0.1) is 0 Å². The van der Waals surface area contributed by atoms with Crippen molar-refractivity contribution in [1.29, 1.82) is 0 Å². The smallest absolute Gasteiger partial charge is 0.0156 e. The van der Waals surface area contributed by atoms with Gasteiger partial charge in [-0.2, -0.15) is 0 Å². The van der Waals surface area contributed by atoms with E-state index in [-0.39, 0.29) is 0 Å². The van der Waals surface area contributed by atoms with Crippen LogP contribution in [0.5, 0.6) is 0 Å². The molecule has 94 valence electrons. The summed E-state index contributed by atoms with van der Waals surface area (Å²) in [5.41, 5.74) is 3.22. The first-order valence-corrected chi connectivity index (χ1v) is 7.31. The summed E-state index contributed by atoms with van der Waals surface area (Å²) in [5.74, 6) is 2.45. The van der Waals surface area contributed by atoms with Crippen LogP contribution in [0.3, 0.4) is 0 Å². The number of hydrogen-bond donors (Lipinski definition) is 0. The lowest BCUT2D eigenvalue weighted by atomic mass is 9.75. The first kappa shape index (κ1) is 12.7. The van der Waals surface area contributed by atoms with Gasteiger partial charge in [0, 0.05) is 0 Å². The van der Waals surface area contributed by atoms with E-state index in [9.17, 15) is 0 Å². The third kappa shape index (κ3) is 2.91. The molecule has 0 heterocycles. The normalized spacial score (nSPS) is 25.2. The highest BCUT2D eigenvalue weighted by Crippen LogP contribution is 2.39. The van der Waals surface area contributed by atoms with Crippen molar-refractivity contribution in [2.75, 3.05) is 0 Å². The predicted octanol–water partition coefficient (Wildman–Crippen LogP) is 5.49. The second-order valence-electron chi connectivity index (χ2n) is 5.92. The fraction of sp³-hybridized carbons (Fsp3) is 0.647. The van der Waals surface area contributed by atoms with Crippen molar-refractivity contribution in [3.63, 3.8) is 0 Å². The molecule has 0 spiro atoms. The van der Waals surface area contributed by atoms with Gasteiger partial charge in [0.25, 0.3) is 0 Å². The molecule has 0 bridgehead atoms. The van der Waals surface area contributed by atoms with Gasteiger partial charge in [-0.05, 0) is 41.7 Å². The van der Waals surface area contributed by atoms with Gasteiger partial charge in [-0.3, -0.25) is 0 Å². The van der Waals surface area contributed by atoms with E-state index in [1.807, 2.05) is 0 Å². The molecule has 0 radical (unpaired) electrons. The monoisotopic (exact) mass is 230 g/mol. The lowest BCUT2D eigenvalue weighted by Crippen LogP contribution is -2.15. The molecule has 1 aromatic rings. The molecule has 0 amide bonds. The largest absolute Gasteiger partial charge is 0.0651 e. The van der Waals surface area contributed by atoms with Crippen molar-refractivity contribution in [2.45, 2.75) is 64.7 Å². The molecule has 2 atom stereocenters. The van der Waals surface area contributed by atoms with Crippen LogP contribution in [-0.2, 0) is 0 Å². The van der Waals surface area contributed by atoms with Crippen LogP contribution in [0, 0.1) is 5.92 Å². The van der Waals surface area contributed by atoms with E-state index in [0.717, 1.165) is 11.8 Å². The fourth-order valence-electron chi connectivity index (χ4n) is 3.35. The summed E-state index contributed by atoms with van der Waals surface area (Å²) in [6, 6.07) is 9.11. The Hall–Kier alpha value is -0.780. The number of rotatable bonds is 3.